The summed E-state index contributed by atoms with van der Waals surface area (Å²) in [7, 11) is 0. The first-order chi connectivity index (χ1) is 13.2. The molecule has 1 saturated heterocycles. The number of hydrogen-bond donors (Lipinski definition) is 1. The van der Waals surface area contributed by atoms with Crippen LogP contribution in [0.2, 0.25) is 0 Å². The van der Waals surface area contributed by atoms with E-state index in [1.807, 2.05) is 22.9 Å². The van der Waals surface area contributed by atoms with Gasteiger partial charge in [0.25, 0.3) is 5.89 Å². The Morgan fingerprint density at radius 1 is 1.19 bits per heavy atom. The summed E-state index contributed by atoms with van der Waals surface area (Å²) in [5.74, 6) is 3.12. The summed E-state index contributed by atoms with van der Waals surface area (Å²) >= 11 is 0. The largest absolute Gasteiger partial charge is 0.391 e. The van der Waals surface area contributed by atoms with Crippen molar-refractivity contribution in [1.82, 2.24) is 24.7 Å². The van der Waals surface area contributed by atoms with E-state index in [1.54, 1.807) is 25.6 Å². The van der Waals surface area contributed by atoms with Gasteiger partial charge in [0.2, 0.25) is 0 Å². The molecule has 4 atom stereocenters. The molecule has 1 saturated carbocycles. The first-order valence-corrected chi connectivity index (χ1v) is 9.34. The zero-order chi connectivity index (χ0) is 18.4. The molecule has 140 valence electrons. The Morgan fingerprint density at radius 2 is 2.04 bits per heavy atom. The van der Waals surface area contributed by atoms with Crippen molar-refractivity contribution in [3.05, 3.63) is 42.9 Å². The molecule has 0 unspecified atom stereocenters. The SMILES string of the molecule is Cc1noc(-c2ccc(N3C[C@H]4C[C@@H](n5ccnc5)[C@H](O)C[C@H]4C3)nc2)n1. The fraction of sp³-hybridized carbons (Fsp3) is 0.474. The number of hydrogen-bond acceptors (Lipinski definition) is 7. The van der Waals surface area contributed by atoms with Crippen molar-refractivity contribution in [2.24, 2.45) is 11.8 Å². The van der Waals surface area contributed by atoms with Gasteiger partial charge < -0.3 is 19.1 Å². The van der Waals surface area contributed by atoms with Crippen molar-refractivity contribution in [2.45, 2.75) is 31.9 Å². The summed E-state index contributed by atoms with van der Waals surface area (Å²) in [6.45, 7) is 3.70. The summed E-state index contributed by atoms with van der Waals surface area (Å²) in [6.07, 6.45) is 8.78. The maximum Gasteiger partial charge on any atom is 0.259 e. The molecule has 0 aromatic carbocycles. The Balaban J connectivity index is 1.30. The van der Waals surface area contributed by atoms with E-state index in [0.29, 0.717) is 23.6 Å². The number of anilines is 1. The Morgan fingerprint density at radius 3 is 2.70 bits per heavy atom. The van der Waals surface area contributed by atoms with Gasteiger partial charge in [0, 0.05) is 31.7 Å². The summed E-state index contributed by atoms with van der Waals surface area (Å²) < 4.78 is 7.25. The number of aliphatic hydroxyl groups excluding tert-OH is 1. The fourth-order valence-corrected chi connectivity index (χ4v) is 4.49. The average Bonchev–Trinajstić information content (AvgIpc) is 3.41. The number of aryl methyl sites for hydroxylation is 1. The zero-order valence-corrected chi connectivity index (χ0v) is 15.1. The van der Waals surface area contributed by atoms with E-state index in [9.17, 15) is 5.11 Å². The summed E-state index contributed by atoms with van der Waals surface area (Å²) in [5, 5.41) is 14.4. The molecule has 0 bridgehead atoms. The van der Waals surface area contributed by atoms with Crippen molar-refractivity contribution in [2.75, 3.05) is 18.0 Å². The van der Waals surface area contributed by atoms with Gasteiger partial charge in [0.05, 0.1) is 24.0 Å². The highest BCUT2D eigenvalue weighted by Gasteiger charge is 2.42. The van der Waals surface area contributed by atoms with Crippen molar-refractivity contribution in [1.29, 1.82) is 0 Å². The van der Waals surface area contributed by atoms with Gasteiger partial charge in [-0.1, -0.05) is 5.16 Å². The third-order valence-corrected chi connectivity index (χ3v) is 5.86. The van der Waals surface area contributed by atoms with E-state index >= 15 is 0 Å². The summed E-state index contributed by atoms with van der Waals surface area (Å²) in [5.41, 5.74) is 0.826. The molecule has 8 nitrogen and oxygen atoms in total. The van der Waals surface area contributed by atoms with Crippen LogP contribution in [-0.2, 0) is 0 Å². The first-order valence-electron chi connectivity index (χ1n) is 9.34. The van der Waals surface area contributed by atoms with Gasteiger partial charge in [-0.25, -0.2) is 9.97 Å². The minimum atomic E-state index is -0.323. The Labute approximate surface area is 156 Å². The van der Waals surface area contributed by atoms with Crippen LogP contribution in [0.4, 0.5) is 5.82 Å². The highest BCUT2D eigenvalue weighted by atomic mass is 16.5. The van der Waals surface area contributed by atoms with E-state index in [2.05, 4.69) is 25.0 Å². The molecule has 2 aliphatic rings. The number of aromatic nitrogens is 5. The second kappa shape index (κ2) is 6.45. The van der Waals surface area contributed by atoms with Crippen molar-refractivity contribution < 1.29 is 9.63 Å². The fourth-order valence-electron chi connectivity index (χ4n) is 4.49. The number of rotatable bonds is 3. The van der Waals surface area contributed by atoms with Crippen molar-refractivity contribution in [3.8, 4) is 11.5 Å². The number of fused-ring (bicyclic) bond motifs is 1. The van der Waals surface area contributed by atoms with Crippen LogP contribution < -0.4 is 4.90 Å². The van der Waals surface area contributed by atoms with Crippen LogP contribution in [0.25, 0.3) is 11.5 Å². The molecule has 27 heavy (non-hydrogen) atoms. The predicted molar refractivity (Wildman–Crippen MR) is 98.0 cm³/mol. The molecule has 3 aromatic rings. The lowest BCUT2D eigenvalue weighted by Gasteiger charge is -2.35. The molecule has 0 spiro atoms. The lowest BCUT2D eigenvalue weighted by atomic mass is 9.77. The Bertz CT molecular complexity index is 907. The molecule has 2 fully saturated rings. The minimum absolute atomic E-state index is 0.116. The lowest BCUT2D eigenvalue weighted by Crippen LogP contribution is -2.35. The molecule has 1 N–H and O–H groups in total. The standard InChI is InChI=1S/C19H22N6O2/c1-12-22-19(27-23-12)13-2-3-18(21-8-13)25-9-14-6-16(24-5-4-20-11-24)17(26)7-15(14)10-25/h2-5,8,11,14-17,26H,6-7,9-10H2,1H3/t14-,15+,16-,17-/m1/s1. The Hall–Kier alpha value is -2.74. The van der Waals surface area contributed by atoms with E-state index in [-0.39, 0.29) is 12.1 Å². The molecule has 0 amide bonds. The van der Waals surface area contributed by atoms with Crippen molar-refractivity contribution in [3.63, 3.8) is 0 Å². The maximum atomic E-state index is 10.6. The van der Waals surface area contributed by atoms with E-state index in [4.69, 9.17) is 4.52 Å². The van der Waals surface area contributed by atoms with Crippen LogP contribution in [0.3, 0.4) is 0 Å². The second-order valence-electron chi connectivity index (χ2n) is 7.59. The van der Waals surface area contributed by atoms with Gasteiger partial charge in [-0.15, -0.1) is 0 Å². The summed E-state index contributed by atoms with van der Waals surface area (Å²) in [4.78, 5) is 15.3. The molecule has 0 radical (unpaired) electrons. The van der Waals surface area contributed by atoms with E-state index in [1.165, 1.54) is 0 Å². The zero-order valence-electron chi connectivity index (χ0n) is 15.1. The quantitative estimate of drug-likeness (QED) is 0.758. The van der Waals surface area contributed by atoms with Gasteiger partial charge in [-0.3, -0.25) is 0 Å². The highest BCUT2D eigenvalue weighted by molar-refractivity contribution is 5.55. The third kappa shape index (κ3) is 2.99. The summed E-state index contributed by atoms with van der Waals surface area (Å²) in [6, 6.07) is 4.10. The molecular formula is C19H22N6O2. The number of aliphatic hydroxyl groups is 1. The molecule has 5 rings (SSSR count). The third-order valence-electron chi connectivity index (χ3n) is 5.86. The molecular weight excluding hydrogens is 344 g/mol. The van der Waals surface area contributed by atoms with Crippen LogP contribution in [-0.4, -0.2) is 49.0 Å². The van der Waals surface area contributed by atoms with Crippen molar-refractivity contribution >= 4 is 5.82 Å². The maximum absolute atomic E-state index is 10.6. The molecule has 1 aliphatic carbocycles. The minimum Gasteiger partial charge on any atom is -0.391 e. The Kier molecular flexibility index (Phi) is 3.93. The second-order valence-corrected chi connectivity index (χ2v) is 7.59. The van der Waals surface area contributed by atoms with Gasteiger partial charge in [0.15, 0.2) is 5.82 Å². The first kappa shape index (κ1) is 16.4. The van der Waals surface area contributed by atoms with Crippen LogP contribution in [0.1, 0.15) is 24.7 Å². The smallest absolute Gasteiger partial charge is 0.259 e. The topological polar surface area (TPSA) is 93.1 Å². The van der Waals surface area contributed by atoms with E-state index < -0.39 is 0 Å². The monoisotopic (exact) mass is 366 g/mol. The number of nitrogens with zero attached hydrogens (tertiary/aromatic N) is 6. The molecule has 3 aromatic heterocycles. The van der Waals surface area contributed by atoms with Gasteiger partial charge in [-0.2, -0.15) is 4.98 Å². The van der Waals surface area contributed by atoms with Crippen LogP contribution >= 0.6 is 0 Å². The normalized spacial score (nSPS) is 27.7. The van der Waals surface area contributed by atoms with Crippen LogP contribution in [0.5, 0.6) is 0 Å². The van der Waals surface area contributed by atoms with Crippen LogP contribution in [0.15, 0.2) is 41.6 Å². The highest BCUT2D eigenvalue weighted by Crippen LogP contribution is 2.42. The van der Waals surface area contributed by atoms with E-state index in [0.717, 1.165) is 37.3 Å². The molecule has 4 heterocycles. The van der Waals surface area contributed by atoms with Gasteiger partial charge in [0.1, 0.15) is 5.82 Å². The van der Waals surface area contributed by atoms with Crippen LogP contribution in [0, 0.1) is 18.8 Å². The molecule has 1 aliphatic heterocycles. The predicted octanol–water partition coefficient (Wildman–Crippen LogP) is 2.08. The lowest BCUT2D eigenvalue weighted by molar-refractivity contribution is 0.0358. The molecule has 8 heteroatoms. The average molecular weight is 366 g/mol. The van der Waals surface area contributed by atoms with Gasteiger partial charge in [-0.05, 0) is 43.7 Å². The number of imidazole rings is 1. The van der Waals surface area contributed by atoms with Gasteiger partial charge >= 0.3 is 0 Å². The number of pyridine rings is 1.